The van der Waals surface area contributed by atoms with Crippen LogP contribution in [0.1, 0.15) is 16.8 Å². The highest BCUT2D eigenvalue weighted by molar-refractivity contribution is 6.30. The van der Waals surface area contributed by atoms with E-state index in [9.17, 15) is 0 Å². The number of ether oxygens (including phenoxy) is 1. The molecule has 1 heterocycles. The topological polar surface area (TPSA) is 80.7 Å². The van der Waals surface area contributed by atoms with Gasteiger partial charge < -0.3 is 15.7 Å². The molecule has 0 unspecified atom stereocenters. The number of oxime groups is 1. The molecule has 0 aliphatic heterocycles. The first-order chi connectivity index (χ1) is 9.51. The Morgan fingerprint density at radius 1 is 1.30 bits per heavy atom. The Labute approximate surface area is 121 Å². The number of hydrogen-bond acceptors (Lipinski definition) is 4. The standard InChI is InChI=1S/C14H14ClN3O2/c1-8-6-10(15)7-9(2)13(8)20-12-5-3-4-11(17-12)14(16)18-19/h3-7,19H,1-2H3,(H2,16,18). The summed E-state index contributed by atoms with van der Waals surface area (Å²) in [6, 6.07) is 8.68. The molecule has 0 aliphatic rings. The molecule has 2 aromatic rings. The van der Waals surface area contributed by atoms with Gasteiger partial charge in [-0.1, -0.05) is 22.8 Å². The van der Waals surface area contributed by atoms with Crippen molar-refractivity contribution in [2.75, 3.05) is 0 Å². The Hall–Kier alpha value is -2.27. The fourth-order valence-electron chi connectivity index (χ4n) is 1.83. The highest BCUT2D eigenvalue weighted by atomic mass is 35.5. The van der Waals surface area contributed by atoms with Gasteiger partial charge >= 0.3 is 0 Å². The SMILES string of the molecule is Cc1cc(Cl)cc(C)c1Oc1cccc(C(N)=NO)n1. The minimum Gasteiger partial charge on any atom is -0.438 e. The molecule has 0 amide bonds. The Kier molecular flexibility index (Phi) is 4.10. The zero-order chi connectivity index (χ0) is 14.7. The maximum absolute atomic E-state index is 8.66. The number of aromatic nitrogens is 1. The van der Waals surface area contributed by atoms with E-state index in [4.69, 9.17) is 27.3 Å². The Balaban J connectivity index is 2.36. The summed E-state index contributed by atoms with van der Waals surface area (Å²) in [4.78, 5) is 4.17. The van der Waals surface area contributed by atoms with E-state index < -0.39 is 0 Å². The van der Waals surface area contributed by atoms with Gasteiger partial charge in [0.15, 0.2) is 5.84 Å². The molecular weight excluding hydrogens is 278 g/mol. The molecule has 2 rings (SSSR count). The third-order valence-corrected chi connectivity index (χ3v) is 2.94. The number of halogens is 1. The summed E-state index contributed by atoms with van der Waals surface area (Å²) < 4.78 is 5.77. The number of pyridine rings is 1. The number of nitrogens with two attached hydrogens (primary N) is 1. The molecule has 0 atom stereocenters. The van der Waals surface area contributed by atoms with Crippen molar-refractivity contribution in [3.05, 3.63) is 52.2 Å². The molecule has 104 valence electrons. The first kappa shape index (κ1) is 14.1. The van der Waals surface area contributed by atoms with Gasteiger partial charge in [0.05, 0.1) is 0 Å². The van der Waals surface area contributed by atoms with Crippen LogP contribution in [0.4, 0.5) is 0 Å². The van der Waals surface area contributed by atoms with Crippen molar-refractivity contribution in [1.82, 2.24) is 4.98 Å². The van der Waals surface area contributed by atoms with Gasteiger partial charge in [0.25, 0.3) is 0 Å². The Morgan fingerprint density at radius 3 is 2.55 bits per heavy atom. The Bertz CT molecular complexity index is 648. The fourth-order valence-corrected chi connectivity index (χ4v) is 2.16. The van der Waals surface area contributed by atoms with Crippen LogP contribution in [0.2, 0.25) is 5.02 Å². The van der Waals surface area contributed by atoms with Gasteiger partial charge in [-0.05, 0) is 43.2 Å². The molecule has 1 aromatic carbocycles. The second kappa shape index (κ2) is 5.79. The number of rotatable bonds is 3. The summed E-state index contributed by atoms with van der Waals surface area (Å²) in [5.41, 5.74) is 7.66. The summed E-state index contributed by atoms with van der Waals surface area (Å²) >= 11 is 5.98. The third kappa shape index (κ3) is 3.00. The number of nitrogens with zero attached hydrogens (tertiary/aromatic N) is 2. The van der Waals surface area contributed by atoms with Gasteiger partial charge in [0.1, 0.15) is 11.4 Å². The van der Waals surface area contributed by atoms with Crippen LogP contribution in [0.25, 0.3) is 0 Å². The first-order valence-corrected chi connectivity index (χ1v) is 6.28. The second-order valence-electron chi connectivity index (χ2n) is 4.32. The summed E-state index contributed by atoms with van der Waals surface area (Å²) in [6.45, 7) is 3.81. The molecule has 0 aliphatic carbocycles. The average Bonchev–Trinajstić information content (AvgIpc) is 2.42. The van der Waals surface area contributed by atoms with E-state index in [0.29, 0.717) is 22.3 Å². The molecule has 6 heteroatoms. The second-order valence-corrected chi connectivity index (χ2v) is 4.75. The van der Waals surface area contributed by atoms with E-state index in [1.165, 1.54) is 0 Å². The van der Waals surface area contributed by atoms with Crippen LogP contribution in [0.3, 0.4) is 0 Å². The highest BCUT2D eigenvalue weighted by Gasteiger charge is 2.09. The van der Waals surface area contributed by atoms with Crippen LogP contribution in [-0.2, 0) is 0 Å². The van der Waals surface area contributed by atoms with E-state index in [-0.39, 0.29) is 5.84 Å². The van der Waals surface area contributed by atoms with E-state index in [1.807, 2.05) is 26.0 Å². The number of benzene rings is 1. The third-order valence-electron chi connectivity index (χ3n) is 2.73. The lowest BCUT2D eigenvalue weighted by molar-refractivity contribution is 0.318. The van der Waals surface area contributed by atoms with Gasteiger partial charge in [0.2, 0.25) is 5.88 Å². The van der Waals surface area contributed by atoms with Gasteiger partial charge in [-0.2, -0.15) is 0 Å². The summed E-state index contributed by atoms with van der Waals surface area (Å²) in [6.07, 6.45) is 0. The fraction of sp³-hybridized carbons (Fsp3) is 0.143. The van der Waals surface area contributed by atoms with E-state index in [2.05, 4.69) is 10.1 Å². The van der Waals surface area contributed by atoms with Crippen molar-refractivity contribution in [2.24, 2.45) is 10.9 Å². The van der Waals surface area contributed by atoms with Crippen molar-refractivity contribution in [3.8, 4) is 11.6 Å². The molecular formula is C14H14ClN3O2. The van der Waals surface area contributed by atoms with Crippen LogP contribution in [-0.4, -0.2) is 16.0 Å². The van der Waals surface area contributed by atoms with Crippen LogP contribution in [0.15, 0.2) is 35.5 Å². The van der Waals surface area contributed by atoms with Crippen molar-refractivity contribution in [3.63, 3.8) is 0 Å². The van der Waals surface area contributed by atoms with Gasteiger partial charge in [0, 0.05) is 11.1 Å². The van der Waals surface area contributed by atoms with E-state index in [0.717, 1.165) is 11.1 Å². The minimum absolute atomic E-state index is 0.0694. The lowest BCUT2D eigenvalue weighted by Gasteiger charge is -2.12. The predicted molar refractivity (Wildman–Crippen MR) is 77.7 cm³/mol. The van der Waals surface area contributed by atoms with E-state index in [1.54, 1.807) is 18.2 Å². The van der Waals surface area contributed by atoms with Crippen molar-refractivity contribution in [1.29, 1.82) is 0 Å². The van der Waals surface area contributed by atoms with E-state index >= 15 is 0 Å². The molecule has 0 fully saturated rings. The monoisotopic (exact) mass is 291 g/mol. The molecule has 0 saturated heterocycles. The van der Waals surface area contributed by atoms with Crippen LogP contribution in [0, 0.1) is 13.8 Å². The molecule has 5 nitrogen and oxygen atoms in total. The molecule has 0 saturated carbocycles. The van der Waals surface area contributed by atoms with Gasteiger partial charge in [-0.15, -0.1) is 0 Å². The average molecular weight is 292 g/mol. The number of hydrogen-bond donors (Lipinski definition) is 2. The largest absolute Gasteiger partial charge is 0.438 e. The molecule has 0 spiro atoms. The molecule has 1 aromatic heterocycles. The molecule has 0 radical (unpaired) electrons. The van der Waals surface area contributed by atoms with Crippen LogP contribution >= 0.6 is 11.6 Å². The smallest absolute Gasteiger partial charge is 0.219 e. The zero-order valence-electron chi connectivity index (χ0n) is 11.1. The van der Waals surface area contributed by atoms with Gasteiger partial charge in [-0.3, -0.25) is 0 Å². The maximum atomic E-state index is 8.66. The van der Waals surface area contributed by atoms with Crippen molar-refractivity contribution >= 4 is 17.4 Å². The summed E-state index contributed by atoms with van der Waals surface area (Å²) in [5.74, 6) is 0.987. The normalized spacial score (nSPS) is 11.4. The maximum Gasteiger partial charge on any atom is 0.219 e. The molecule has 0 bridgehead atoms. The van der Waals surface area contributed by atoms with Crippen LogP contribution < -0.4 is 10.5 Å². The van der Waals surface area contributed by atoms with Gasteiger partial charge in [-0.25, -0.2) is 4.98 Å². The lowest BCUT2D eigenvalue weighted by atomic mass is 10.1. The van der Waals surface area contributed by atoms with Crippen molar-refractivity contribution in [2.45, 2.75) is 13.8 Å². The quantitative estimate of drug-likeness (QED) is 0.394. The van der Waals surface area contributed by atoms with Crippen LogP contribution in [0.5, 0.6) is 11.6 Å². The van der Waals surface area contributed by atoms with Crippen molar-refractivity contribution < 1.29 is 9.94 Å². The molecule has 3 N–H and O–H groups in total. The first-order valence-electron chi connectivity index (χ1n) is 5.91. The predicted octanol–water partition coefficient (Wildman–Crippen LogP) is 3.24. The summed E-state index contributed by atoms with van der Waals surface area (Å²) in [5, 5.41) is 12.2. The lowest BCUT2D eigenvalue weighted by Crippen LogP contribution is -2.15. The highest BCUT2D eigenvalue weighted by Crippen LogP contribution is 2.30. The zero-order valence-corrected chi connectivity index (χ0v) is 11.8. The Morgan fingerprint density at radius 2 is 1.95 bits per heavy atom. The number of amidine groups is 1. The minimum atomic E-state index is -0.0694. The number of aryl methyl sites for hydroxylation is 2. The molecule has 20 heavy (non-hydrogen) atoms. The summed E-state index contributed by atoms with van der Waals surface area (Å²) in [7, 11) is 0.